The summed E-state index contributed by atoms with van der Waals surface area (Å²) in [5.41, 5.74) is 2.18. The molecule has 0 aliphatic carbocycles. The van der Waals surface area contributed by atoms with Crippen molar-refractivity contribution in [3.8, 4) is 0 Å². The van der Waals surface area contributed by atoms with Gasteiger partial charge < -0.3 is 5.32 Å². The van der Waals surface area contributed by atoms with E-state index >= 15 is 0 Å². The van der Waals surface area contributed by atoms with Crippen LogP contribution in [0.5, 0.6) is 0 Å². The van der Waals surface area contributed by atoms with E-state index in [0.29, 0.717) is 12.5 Å². The van der Waals surface area contributed by atoms with Crippen molar-refractivity contribution in [3.63, 3.8) is 0 Å². The second-order valence-corrected chi connectivity index (χ2v) is 5.09. The summed E-state index contributed by atoms with van der Waals surface area (Å²) in [6, 6.07) is 1.85. The molecule has 4 nitrogen and oxygen atoms in total. The van der Waals surface area contributed by atoms with E-state index in [1.165, 1.54) is 0 Å². The number of carbonyl (C=O) groups is 1. The van der Waals surface area contributed by atoms with Gasteiger partial charge in [0.25, 0.3) is 0 Å². The first kappa shape index (κ1) is 14.7. The molecule has 1 N–H and O–H groups in total. The summed E-state index contributed by atoms with van der Waals surface area (Å²) in [5, 5.41) is 7.46. The van der Waals surface area contributed by atoms with Crippen LogP contribution in [-0.4, -0.2) is 22.2 Å². The monoisotopic (exact) mass is 251 g/mol. The van der Waals surface area contributed by atoms with Crippen molar-refractivity contribution < 1.29 is 4.79 Å². The number of hydrogen-bond acceptors (Lipinski definition) is 2. The van der Waals surface area contributed by atoms with Gasteiger partial charge >= 0.3 is 0 Å². The molecule has 0 radical (unpaired) electrons. The zero-order chi connectivity index (χ0) is 13.7. The molecule has 1 amide bonds. The van der Waals surface area contributed by atoms with E-state index in [0.717, 1.165) is 24.2 Å². The number of amides is 1. The zero-order valence-electron chi connectivity index (χ0n) is 12.2. The van der Waals surface area contributed by atoms with Gasteiger partial charge in [-0.25, -0.2) is 0 Å². The lowest BCUT2D eigenvalue weighted by Crippen LogP contribution is -2.34. The molecule has 1 aromatic rings. The highest BCUT2D eigenvalue weighted by Gasteiger charge is 2.18. The zero-order valence-corrected chi connectivity index (χ0v) is 12.2. The van der Waals surface area contributed by atoms with Crippen LogP contribution in [0.25, 0.3) is 0 Å². The molecule has 0 aliphatic heterocycles. The molecule has 18 heavy (non-hydrogen) atoms. The van der Waals surface area contributed by atoms with Gasteiger partial charge in [-0.05, 0) is 31.7 Å². The van der Waals surface area contributed by atoms with E-state index in [1.54, 1.807) is 0 Å². The van der Waals surface area contributed by atoms with E-state index in [4.69, 9.17) is 0 Å². The maximum Gasteiger partial charge on any atom is 0.244 e. The third kappa shape index (κ3) is 3.59. The molecule has 1 unspecified atom stereocenters. The highest BCUT2D eigenvalue weighted by atomic mass is 16.2. The minimum Gasteiger partial charge on any atom is -0.354 e. The summed E-state index contributed by atoms with van der Waals surface area (Å²) < 4.78 is 1.86. The van der Waals surface area contributed by atoms with E-state index in [2.05, 4.69) is 44.2 Å². The minimum absolute atomic E-state index is 0.0455. The third-order valence-corrected chi connectivity index (χ3v) is 3.02. The Morgan fingerprint density at radius 2 is 2.00 bits per heavy atom. The second-order valence-electron chi connectivity index (χ2n) is 5.09. The Morgan fingerprint density at radius 3 is 2.50 bits per heavy atom. The predicted molar refractivity (Wildman–Crippen MR) is 73.5 cm³/mol. The lowest BCUT2D eigenvalue weighted by Gasteiger charge is -2.16. The van der Waals surface area contributed by atoms with Gasteiger partial charge in [0.15, 0.2) is 0 Å². The largest absolute Gasteiger partial charge is 0.354 e. The molecule has 1 aromatic heterocycles. The predicted octanol–water partition coefficient (Wildman–Crippen LogP) is 2.34. The van der Waals surface area contributed by atoms with Crippen molar-refractivity contribution in [2.75, 3.05) is 6.54 Å². The van der Waals surface area contributed by atoms with Gasteiger partial charge in [0.05, 0.1) is 5.69 Å². The van der Waals surface area contributed by atoms with Crippen LogP contribution in [0.1, 0.15) is 52.0 Å². The number of rotatable bonds is 6. The average molecular weight is 251 g/mol. The standard InChI is InChI=1S/C14H25N3O/c1-6-12-8-13(7-2)17(16-12)11(5)14(18)15-9-10(3)4/h8,10-11H,6-7,9H2,1-5H3,(H,15,18). The van der Waals surface area contributed by atoms with Crippen LogP contribution in [0.2, 0.25) is 0 Å². The maximum atomic E-state index is 12.0. The lowest BCUT2D eigenvalue weighted by molar-refractivity contribution is -0.124. The van der Waals surface area contributed by atoms with E-state index in [-0.39, 0.29) is 11.9 Å². The fraction of sp³-hybridized carbons (Fsp3) is 0.714. The highest BCUT2D eigenvalue weighted by Crippen LogP contribution is 2.13. The Balaban J connectivity index is 2.78. The van der Waals surface area contributed by atoms with Gasteiger partial charge in [-0.1, -0.05) is 27.7 Å². The molecule has 0 fully saturated rings. The van der Waals surface area contributed by atoms with Crippen molar-refractivity contribution in [1.82, 2.24) is 15.1 Å². The van der Waals surface area contributed by atoms with Gasteiger partial charge in [0, 0.05) is 12.2 Å². The quantitative estimate of drug-likeness (QED) is 0.843. The SMILES string of the molecule is CCc1cc(CC)n(C(C)C(=O)NCC(C)C)n1. The average Bonchev–Trinajstić information content (AvgIpc) is 2.78. The molecule has 0 spiro atoms. The minimum atomic E-state index is -0.237. The topological polar surface area (TPSA) is 46.9 Å². The van der Waals surface area contributed by atoms with Gasteiger partial charge in [0.1, 0.15) is 6.04 Å². The smallest absolute Gasteiger partial charge is 0.244 e. The molecule has 102 valence electrons. The summed E-state index contributed by atoms with van der Waals surface area (Å²) in [5.74, 6) is 0.514. The fourth-order valence-electron chi connectivity index (χ4n) is 1.83. The maximum absolute atomic E-state index is 12.0. The Hall–Kier alpha value is -1.32. The van der Waals surface area contributed by atoms with Crippen molar-refractivity contribution >= 4 is 5.91 Å². The number of nitrogens with one attached hydrogen (secondary N) is 1. The summed E-state index contributed by atoms with van der Waals surface area (Å²) in [4.78, 5) is 12.0. The van der Waals surface area contributed by atoms with Gasteiger partial charge in [-0.15, -0.1) is 0 Å². The normalized spacial score (nSPS) is 12.8. The molecule has 0 saturated carbocycles. The van der Waals surface area contributed by atoms with Crippen LogP contribution in [0.4, 0.5) is 0 Å². The van der Waals surface area contributed by atoms with Crippen LogP contribution >= 0.6 is 0 Å². The van der Waals surface area contributed by atoms with Crippen LogP contribution in [0, 0.1) is 5.92 Å². The molecule has 0 bridgehead atoms. The molecule has 4 heteroatoms. The molecular weight excluding hydrogens is 226 g/mol. The molecule has 1 rings (SSSR count). The molecule has 1 atom stereocenters. The van der Waals surface area contributed by atoms with E-state index in [1.807, 2.05) is 11.6 Å². The Morgan fingerprint density at radius 1 is 1.33 bits per heavy atom. The van der Waals surface area contributed by atoms with E-state index in [9.17, 15) is 4.79 Å². The molecule has 0 aliphatic rings. The fourth-order valence-corrected chi connectivity index (χ4v) is 1.83. The number of carbonyl (C=O) groups excluding carboxylic acids is 1. The highest BCUT2D eigenvalue weighted by molar-refractivity contribution is 5.79. The van der Waals surface area contributed by atoms with Crippen molar-refractivity contribution in [3.05, 3.63) is 17.5 Å². The van der Waals surface area contributed by atoms with Crippen LogP contribution in [-0.2, 0) is 17.6 Å². The van der Waals surface area contributed by atoms with Gasteiger partial charge in [-0.2, -0.15) is 5.10 Å². The third-order valence-electron chi connectivity index (χ3n) is 3.02. The van der Waals surface area contributed by atoms with Crippen LogP contribution in [0.15, 0.2) is 6.07 Å². The summed E-state index contributed by atoms with van der Waals surface area (Å²) in [7, 11) is 0. The summed E-state index contributed by atoms with van der Waals surface area (Å²) in [6.45, 7) is 11.0. The summed E-state index contributed by atoms with van der Waals surface area (Å²) >= 11 is 0. The van der Waals surface area contributed by atoms with Gasteiger partial charge in [-0.3, -0.25) is 9.48 Å². The van der Waals surface area contributed by atoms with Crippen LogP contribution < -0.4 is 5.32 Å². The second kappa shape index (κ2) is 6.57. The van der Waals surface area contributed by atoms with Crippen LogP contribution in [0.3, 0.4) is 0 Å². The number of aryl methyl sites for hydroxylation is 2. The van der Waals surface area contributed by atoms with E-state index < -0.39 is 0 Å². The first-order valence-electron chi connectivity index (χ1n) is 6.84. The Kier molecular flexibility index (Phi) is 5.38. The summed E-state index contributed by atoms with van der Waals surface area (Å²) in [6.07, 6.45) is 1.80. The van der Waals surface area contributed by atoms with Crippen molar-refractivity contribution in [2.45, 2.75) is 53.5 Å². The number of aromatic nitrogens is 2. The number of hydrogen-bond donors (Lipinski definition) is 1. The first-order chi connectivity index (χ1) is 8.49. The van der Waals surface area contributed by atoms with Gasteiger partial charge in [0.2, 0.25) is 5.91 Å². The lowest BCUT2D eigenvalue weighted by atomic mass is 10.2. The Bertz CT molecular complexity index is 396. The molecule has 0 aromatic carbocycles. The number of nitrogens with zero attached hydrogens (tertiary/aromatic N) is 2. The molecule has 1 heterocycles. The first-order valence-corrected chi connectivity index (χ1v) is 6.84. The molecule has 0 saturated heterocycles. The Labute approximate surface area is 110 Å². The molecular formula is C14H25N3O. The van der Waals surface area contributed by atoms with Crippen molar-refractivity contribution in [2.24, 2.45) is 5.92 Å². The van der Waals surface area contributed by atoms with Crippen molar-refractivity contribution in [1.29, 1.82) is 0 Å².